The molecule has 1 aromatic carbocycles. The van der Waals surface area contributed by atoms with Crippen molar-refractivity contribution in [3.05, 3.63) is 35.4 Å². The largest absolute Gasteiger partial charge is 0.338 e. The van der Waals surface area contributed by atoms with Gasteiger partial charge in [0, 0.05) is 13.1 Å². The number of amides is 1. The van der Waals surface area contributed by atoms with Crippen molar-refractivity contribution in [1.82, 2.24) is 10.2 Å². The van der Waals surface area contributed by atoms with E-state index in [2.05, 4.69) is 30.3 Å². The molecule has 1 aromatic rings. The quantitative estimate of drug-likeness (QED) is 0.608. The molecule has 3 heteroatoms. The molecule has 3 nitrogen and oxygen atoms in total. The number of hydrogen-bond donors (Lipinski definition) is 1. The molecule has 0 aromatic heterocycles. The predicted octanol–water partition coefficient (Wildman–Crippen LogP) is 1.57. The van der Waals surface area contributed by atoms with Crippen LogP contribution < -0.4 is 5.32 Å². The molecule has 0 aliphatic heterocycles. The van der Waals surface area contributed by atoms with Gasteiger partial charge in [-0.05, 0) is 25.0 Å². The van der Waals surface area contributed by atoms with Gasteiger partial charge in [-0.25, -0.2) is 0 Å². The van der Waals surface area contributed by atoms with E-state index < -0.39 is 0 Å². The summed E-state index contributed by atoms with van der Waals surface area (Å²) < 4.78 is 0. The highest BCUT2D eigenvalue weighted by molar-refractivity contribution is 5.78. The molecule has 0 aliphatic rings. The van der Waals surface area contributed by atoms with E-state index in [-0.39, 0.29) is 5.91 Å². The molecule has 18 heavy (non-hydrogen) atoms. The lowest BCUT2D eigenvalue weighted by Crippen LogP contribution is -2.37. The molecule has 1 N–H and O–H groups in total. The number of terminal acetylenes is 1. The van der Waals surface area contributed by atoms with Gasteiger partial charge in [-0.1, -0.05) is 30.2 Å². The SMILES string of the molecule is C#CCNCC(=O)N(CC)Cc1ccccc1C. The minimum absolute atomic E-state index is 0.0796. The number of nitrogens with zero attached hydrogens (tertiary/aromatic N) is 1. The van der Waals surface area contributed by atoms with E-state index in [4.69, 9.17) is 6.42 Å². The Morgan fingerprint density at radius 2 is 2.17 bits per heavy atom. The van der Waals surface area contributed by atoms with E-state index in [9.17, 15) is 4.79 Å². The minimum Gasteiger partial charge on any atom is -0.338 e. The van der Waals surface area contributed by atoms with Crippen LogP contribution in [0.3, 0.4) is 0 Å². The van der Waals surface area contributed by atoms with Crippen molar-refractivity contribution < 1.29 is 4.79 Å². The van der Waals surface area contributed by atoms with Crippen LogP contribution in [0.25, 0.3) is 0 Å². The third-order valence-corrected chi connectivity index (χ3v) is 2.86. The maximum absolute atomic E-state index is 12.0. The first-order chi connectivity index (χ1) is 8.69. The van der Waals surface area contributed by atoms with Gasteiger partial charge < -0.3 is 4.90 Å². The number of carbonyl (C=O) groups excluding carboxylic acids is 1. The summed E-state index contributed by atoms with van der Waals surface area (Å²) in [4.78, 5) is 13.8. The number of rotatable bonds is 6. The van der Waals surface area contributed by atoms with Crippen LogP contribution >= 0.6 is 0 Å². The van der Waals surface area contributed by atoms with Gasteiger partial charge in [0.25, 0.3) is 0 Å². The Bertz CT molecular complexity index is 434. The molecule has 0 radical (unpaired) electrons. The van der Waals surface area contributed by atoms with Crippen molar-refractivity contribution in [3.63, 3.8) is 0 Å². The summed E-state index contributed by atoms with van der Waals surface area (Å²) in [7, 11) is 0. The molecule has 0 bridgehead atoms. The fraction of sp³-hybridized carbons (Fsp3) is 0.400. The van der Waals surface area contributed by atoms with Crippen molar-refractivity contribution in [3.8, 4) is 12.3 Å². The van der Waals surface area contributed by atoms with Crippen LogP contribution in [0, 0.1) is 19.3 Å². The summed E-state index contributed by atoms with van der Waals surface area (Å²) in [5.41, 5.74) is 2.39. The maximum atomic E-state index is 12.0. The summed E-state index contributed by atoms with van der Waals surface area (Å²) in [6, 6.07) is 8.12. The molecule has 0 saturated carbocycles. The van der Waals surface area contributed by atoms with E-state index in [0.29, 0.717) is 26.2 Å². The number of aryl methyl sites for hydroxylation is 1. The zero-order valence-electron chi connectivity index (χ0n) is 11.1. The summed E-state index contributed by atoms with van der Waals surface area (Å²) >= 11 is 0. The highest BCUT2D eigenvalue weighted by Gasteiger charge is 2.12. The van der Waals surface area contributed by atoms with Crippen molar-refractivity contribution in [2.45, 2.75) is 20.4 Å². The Morgan fingerprint density at radius 3 is 2.78 bits per heavy atom. The molecule has 0 saturated heterocycles. The first kappa shape index (κ1) is 14.3. The molecule has 0 heterocycles. The lowest BCUT2D eigenvalue weighted by molar-refractivity contribution is -0.130. The molecular weight excluding hydrogens is 224 g/mol. The van der Waals surface area contributed by atoms with Gasteiger partial charge in [-0.3, -0.25) is 10.1 Å². The van der Waals surface area contributed by atoms with Crippen molar-refractivity contribution >= 4 is 5.91 Å². The zero-order chi connectivity index (χ0) is 13.4. The van der Waals surface area contributed by atoms with Gasteiger partial charge >= 0.3 is 0 Å². The van der Waals surface area contributed by atoms with Gasteiger partial charge in [0.2, 0.25) is 5.91 Å². The smallest absolute Gasteiger partial charge is 0.236 e. The molecule has 0 unspecified atom stereocenters. The molecule has 96 valence electrons. The fourth-order valence-corrected chi connectivity index (χ4v) is 1.72. The van der Waals surface area contributed by atoms with Crippen molar-refractivity contribution in [2.75, 3.05) is 19.6 Å². The topological polar surface area (TPSA) is 32.3 Å². The number of nitrogens with one attached hydrogen (secondary N) is 1. The lowest BCUT2D eigenvalue weighted by atomic mass is 10.1. The molecular formula is C15H20N2O. The predicted molar refractivity (Wildman–Crippen MR) is 74.0 cm³/mol. The first-order valence-corrected chi connectivity index (χ1v) is 6.15. The third-order valence-electron chi connectivity index (χ3n) is 2.86. The maximum Gasteiger partial charge on any atom is 0.236 e. The van der Waals surface area contributed by atoms with Gasteiger partial charge in [-0.15, -0.1) is 6.42 Å². The van der Waals surface area contributed by atoms with Crippen molar-refractivity contribution in [2.24, 2.45) is 0 Å². The first-order valence-electron chi connectivity index (χ1n) is 6.15. The van der Waals surface area contributed by atoms with E-state index in [1.807, 2.05) is 24.0 Å². The normalized spacial score (nSPS) is 9.83. The van der Waals surface area contributed by atoms with Crippen LogP contribution in [-0.4, -0.2) is 30.4 Å². The average Bonchev–Trinajstić information content (AvgIpc) is 2.38. The van der Waals surface area contributed by atoms with Crippen LogP contribution in [-0.2, 0) is 11.3 Å². The highest BCUT2D eigenvalue weighted by atomic mass is 16.2. The second-order valence-corrected chi connectivity index (χ2v) is 4.14. The van der Waals surface area contributed by atoms with Crippen LogP contribution in [0.15, 0.2) is 24.3 Å². The standard InChI is InChI=1S/C15H20N2O/c1-4-10-16-11-15(18)17(5-2)12-14-9-7-6-8-13(14)3/h1,6-9,16H,5,10-12H2,2-3H3. The summed E-state index contributed by atoms with van der Waals surface area (Å²) in [5.74, 6) is 2.54. The fourth-order valence-electron chi connectivity index (χ4n) is 1.72. The Balaban J connectivity index is 2.59. The van der Waals surface area contributed by atoms with Crippen LogP contribution in [0.4, 0.5) is 0 Å². The number of carbonyl (C=O) groups is 1. The van der Waals surface area contributed by atoms with Gasteiger partial charge in [0.05, 0.1) is 13.1 Å². The number of hydrogen-bond acceptors (Lipinski definition) is 2. The van der Waals surface area contributed by atoms with Crippen LogP contribution in [0.1, 0.15) is 18.1 Å². The van der Waals surface area contributed by atoms with Crippen LogP contribution in [0.5, 0.6) is 0 Å². The third kappa shape index (κ3) is 4.23. The second kappa shape index (κ2) is 7.52. The molecule has 1 amide bonds. The Kier molecular flexibility index (Phi) is 5.96. The number of benzene rings is 1. The summed E-state index contributed by atoms with van der Waals surface area (Å²) in [6.45, 7) is 6.11. The molecule has 0 aliphatic carbocycles. The van der Waals surface area contributed by atoms with E-state index in [1.54, 1.807) is 0 Å². The van der Waals surface area contributed by atoms with Gasteiger partial charge in [0.1, 0.15) is 0 Å². The van der Waals surface area contributed by atoms with Gasteiger partial charge in [-0.2, -0.15) is 0 Å². The molecule has 0 spiro atoms. The monoisotopic (exact) mass is 244 g/mol. The van der Waals surface area contributed by atoms with Gasteiger partial charge in [0.15, 0.2) is 0 Å². The Morgan fingerprint density at radius 1 is 1.44 bits per heavy atom. The lowest BCUT2D eigenvalue weighted by Gasteiger charge is -2.22. The second-order valence-electron chi connectivity index (χ2n) is 4.14. The van der Waals surface area contributed by atoms with E-state index >= 15 is 0 Å². The van der Waals surface area contributed by atoms with E-state index in [0.717, 1.165) is 0 Å². The van der Waals surface area contributed by atoms with Crippen LogP contribution in [0.2, 0.25) is 0 Å². The minimum atomic E-state index is 0.0796. The Labute approximate surface area is 109 Å². The summed E-state index contributed by atoms with van der Waals surface area (Å²) in [5, 5.41) is 2.92. The summed E-state index contributed by atoms with van der Waals surface area (Å²) in [6.07, 6.45) is 5.13. The molecule has 1 rings (SSSR count). The average molecular weight is 244 g/mol. The highest BCUT2D eigenvalue weighted by Crippen LogP contribution is 2.10. The zero-order valence-corrected chi connectivity index (χ0v) is 11.1. The molecule has 0 fully saturated rings. The Hall–Kier alpha value is -1.79. The van der Waals surface area contributed by atoms with E-state index in [1.165, 1.54) is 11.1 Å². The number of likely N-dealkylation sites (N-methyl/N-ethyl adjacent to an activating group) is 1. The van der Waals surface area contributed by atoms with Crippen molar-refractivity contribution in [1.29, 1.82) is 0 Å². The molecule has 0 atom stereocenters.